The third-order valence-electron chi connectivity index (χ3n) is 3.12. The fraction of sp³-hybridized carbons (Fsp3) is 0.500. The van der Waals surface area contributed by atoms with Crippen LogP contribution in [0.15, 0.2) is 12.1 Å². The molecule has 0 amide bonds. The van der Waals surface area contributed by atoms with Gasteiger partial charge in [-0.3, -0.25) is 0 Å². The summed E-state index contributed by atoms with van der Waals surface area (Å²) in [4.78, 5) is 0. The Balaban J connectivity index is 2.29. The molecule has 82 valence electrons. The van der Waals surface area contributed by atoms with Gasteiger partial charge in [0.15, 0.2) is 0 Å². The highest BCUT2D eigenvalue weighted by atomic mass is 16.5. The fourth-order valence-electron chi connectivity index (χ4n) is 1.82. The molecule has 0 spiro atoms. The van der Waals surface area contributed by atoms with Crippen molar-refractivity contribution in [2.75, 3.05) is 7.11 Å². The molecule has 0 aromatic heterocycles. The SMILES string of the molecule is COc1ccc(CC2(N)CC2)c(O)c1C. The highest BCUT2D eigenvalue weighted by Crippen LogP contribution is 2.39. The minimum absolute atomic E-state index is 0.0709. The van der Waals surface area contributed by atoms with Crippen molar-refractivity contribution in [1.29, 1.82) is 0 Å². The van der Waals surface area contributed by atoms with Gasteiger partial charge in [-0.25, -0.2) is 0 Å². The van der Waals surface area contributed by atoms with Gasteiger partial charge in [-0.15, -0.1) is 0 Å². The van der Waals surface area contributed by atoms with Crippen molar-refractivity contribution in [3.05, 3.63) is 23.3 Å². The Hall–Kier alpha value is -1.22. The second-order valence-electron chi connectivity index (χ2n) is 4.44. The molecular weight excluding hydrogens is 190 g/mol. The van der Waals surface area contributed by atoms with Crippen LogP contribution in [0.25, 0.3) is 0 Å². The van der Waals surface area contributed by atoms with Gasteiger partial charge in [0.1, 0.15) is 11.5 Å². The van der Waals surface area contributed by atoms with Crippen LogP contribution in [0.4, 0.5) is 0 Å². The number of nitrogens with two attached hydrogens (primary N) is 1. The lowest BCUT2D eigenvalue weighted by atomic mass is 10.0. The minimum Gasteiger partial charge on any atom is -0.507 e. The van der Waals surface area contributed by atoms with E-state index in [4.69, 9.17) is 10.5 Å². The largest absolute Gasteiger partial charge is 0.507 e. The van der Waals surface area contributed by atoms with Gasteiger partial charge < -0.3 is 15.6 Å². The standard InChI is InChI=1S/C12H17NO2/c1-8-10(15-2)4-3-9(11(8)14)7-12(13)5-6-12/h3-4,14H,5-7,13H2,1-2H3. The number of phenols is 1. The van der Waals surface area contributed by atoms with E-state index < -0.39 is 0 Å². The Morgan fingerprint density at radius 1 is 1.47 bits per heavy atom. The van der Waals surface area contributed by atoms with Crippen LogP contribution in [-0.2, 0) is 6.42 Å². The molecule has 0 bridgehead atoms. The van der Waals surface area contributed by atoms with Crippen molar-refractivity contribution in [1.82, 2.24) is 0 Å². The fourth-order valence-corrected chi connectivity index (χ4v) is 1.82. The molecule has 1 fully saturated rings. The number of rotatable bonds is 3. The molecule has 3 nitrogen and oxygen atoms in total. The lowest BCUT2D eigenvalue weighted by molar-refractivity contribution is 0.400. The maximum Gasteiger partial charge on any atom is 0.125 e. The predicted octanol–water partition coefficient (Wildman–Crippen LogP) is 1.74. The van der Waals surface area contributed by atoms with Crippen molar-refractivity contribution in [3.8, 4) is 11.5 Å². The maximum absolute atomic E-state index is 9.97. The first-order valence-electron chi connectivity index (χ1n) is 5.20. The second-order valence-corrected chi connectivity index (χ2v) is 4.44. The Kier molecular flexibility index (Phi) is 2.35. The van der Waals surface area contributed by atoms with Crippen LogP contribution < -0.4 is 10.5 Å². The minimum atomic E-state index is -0.0709. The van der Waals surface area contributed by atoms with Crippen LogP contribution >= 0.6 is 0 Å². The number of phenolic OH excluding ortho intramolecular Hbond substituents is 1. The molecule has 1 aliphatic rings. The Morgan fingerprint density at radius 2 is 2.13 bits per heavy atom. The Bertz CT molecular complexity index is 383. The van der Waals surface area contributed by atoms with Gasteiger partial charge in [0.05, 0.1) is 7.11 Å². The van der Waals surface area contributed by atoms with Crippen molar-refractivity contribution in [2.45, 2.75) is 31.7 Å². The zero-order valence-corrected chi connectivity index (χ0v) is 9.21. The van der Waals surface area contributed by atoms with Gasteiger partial charge in [0.2, 0.25) is 0 Å². The highest BCUT2D eigenvalue weighted by molar-refractivity contribution is 5.49. The van der Waals surface area contributed by atoms with Crippen molar-refractivity contribution in [3.63, 3.8) is 0 Å². The van der Waals surface area contributed by atoms with E-state index in [1.54, 1.807) is 7.11 Å². The van der Waals surface area contributed by atoms with E-state index in [1.165, 1.54) is 0 Å². The second kappa shape index (κ2) is 3.42. The molecular formula is C12H17NO2. The molecule has 1 aliphatic carbocycles. The van der Waals surface area contributed by atoms with Gasteiger partial charge in [-0.05, 0) is 37.8 Å². The van der Waals surface area contributed by atoms with E-state index in [2.05, 4.69) is 0 Å². The molecule has 3 heteroatoms. The molecule has 1 aromatic rings. The highest BCUT2D eigenvalue weighted by Gasteiger charge is 2.38. The zero-order chi connectivity index (χ0) is 11.1. The van der Waals surface area contributed by atoms with E-state index in [0.717, 1.165) is 36.1 Å². The molecule has 1 aromatic carbocycles. The topological polar surface area (TPSA) is 55.5 Å². The first-order chi connectivity index (χ1) is 7.06. The number of hydrogen-bond donors (Lipinski definition) is 2. The van der Waals surface area contributed by atoms with Crippen molar-refractivity contribution < 1.29 is 9.84 Å². The number of methoxy groups -OCH3 is 1. The van der Waals surface area contributed by atoms with Crippen LogP contribution in [-0.4, -0.2) is 17.8 Å². The summed E-state index contributed by atoms with van der Waals surface area (Å²) in [6, 6.07) is 3.78. The molecule has 3 N–H and O–H groups in total. The van der Waals surface area contributed by atoms with E-state index in [-0.39, 0.29) is 5.54 Å². The smallest absolute Gasteiger partial charge is 0.125 e. The molecule has 0 saturated heterocycles. The summed E-state index contributed by atoms with van der Waals surface area (Å²) in [6.45, 7) is 1.85. The van der Waals surface area contributed by atoms with Gasteiger partial charge in [-0.2, -0.15) is 0 Å². The van der Waals surface area contributed by atoms with Crippen LogP contribution in [0.3, 0.4) is 0 Å². The van der Waals surface area contributed by atoms with Crippen molar-refractivity contribution in [2.24, 2.45) is 5.73 Å². The van der Waals surface area contributed by atoms with E-state index >= 15 is 0 Å². The average Bonchev–Trinajstić information content (AvgIpc) is 2.92. The van der Waals surface area contributed by atoms with Crippen LogP contribution in [0.1, 0.15) is 24.0 Å². The monoisotopic (exact) mass is 207 g/mol. The number of aromatic hydroxyl groups is 1. The summed E-state index contributed by atoms with van der Waals surface area (Å²) < 4.78 is 5.14. The molecule has 0 radical (unpaired) electrons. The molecule has 0 aliphatic heterocycles. The number of benzene rings is 1. The molecule has 0 heterocycles. The molecule has 15 heavy (non-hydrogen) atoms. The third kappa shape index (κ3) is 1.92. The summed E-state index contributed by atoms with van der Waals surface area (Å²) in [5.41, 5.74) is 7.67. The van der Waals surface area contributed by atoms with E-state index in [0.29, 0.717) is 5.75 Å². The van der Waals surface area contributed by atoms with Crippen molar-refractivity contribution >= 4 is 0 Å². The van der Waals surface area contributed by atoms with Crippen LogP contribution in [0, 0.1) is 6.92 Å². The summed E-state index contributed by atoms with van der Waals surface area (Å²) in [6.07, 6.45) is 2.86. The summed E-state index contributed by atoms with van der Waals surface area (Å²) >= 11 is 0. The summed E-state index contributed by atoms with van der Waals surface area (Å²) in [7, 11) is 1.60. The Morgan fingerprint density at radius 3 is 2.67 bits per heavy atom. The molecule has 0 atom stereocenters. The molecule has 1 saturated carbocycles. The lowest BCUT2D eigenvalue weighted by Gasteiger charge is -2.13. The van der Waals surface area contributed by atoms with Crippen LogP contribution in [0.2, 0.25) is 0 Å². The summed E-state index contributed by atoms with van der Waals surface area (Å²) in [5.74, 6) is 1.05. The van der Waals surface area contributed by atoms with E-state index in [9.17, 15) is 5.11 Å². The van der Waals surface area contributed by atoms with Gasteiger partial charge >= 0.3 is 0 Å². The number of hydrogen-bond acceptors (Lipinski definition) is 3. The molecule has 2 rings (SSSR count). The Labute approximate surface area is 89.9 Å². The third-order valence-corrected chi connectivity index (χ3v) is 3.12. The van der Waals surface area contributed by atoms with Gasteiger partial charge in [0.25, 0.3) is 0 Å². The summed E-state index contributed by atoms with van der Waals surface area (Å²) in [5, 5.41) is 9.97. The first kappa shape index (κ1) is 10.3. The average molecular weight is 207 g/mol. The van der Waals surface area contributed by atoms with Gasteiger partial charge in [0, 0.05) is 11.1 Å². The maximum atomic E-state index is 9.97. The zero-order valence-electron chi connectivity index (χ0n) is 9.21. The normalized spacial score (nSPS) is 17.5. The quantitative estimate of drug-likeness (QED) is 0.793. The molecule has 0 unspecified atom stereocenters. The first-order valence-corrected chi connectivity index (χ1v) is 5.20. The number of ether oxygens (including phenoxy) is 1. The van der Waals surface area contributed by atoms with Gasteiger partial charge in [-0.1, -0.05) is 6.07 Å². The predicted molar refractivity (Wildman–Crippen MR) is 59.3 cm³/mol. The lowest BCUT2D eigenvalue weighted by Crippen LogP contribution is -2.24. The van der Waals surface area contributed by atoms with E-state index in [1.807, 2.05) is 19.1 Å². The van der Waals surface area contributed by atoms with Crippen LogP contribution in [0.5, 0.6) is 11.5 Å².